The summed E-state index contributed by atoms with van der Waals surface area (Å²) in [5, 5.41) is 0. The summed E-state index contributed by atoms with van der Waals surface area (Å²) in [6.07, 6.45) is 0. The third-order valence-corrected chi connectivity index (χ3v) is 4.18. The highest BCUT2D eigenvalue weighted by molar-refractivity contribution is 5.71. The van der Waals surface area contributed by atoms with Crippen molar-refractivity contribution in [3.63, 3.8) is 0 Å². The number of benzene rings is 2. The van der Waals surface area contributed by atoms with E-state index in [0.29, 0.717) is 12.4 Å². The van der Waals surface area contributed by atoms with E-state index in [1.165, 1.54) is 12.7 Å². The second kappa shape index (κ2) is 7.97. The van der Waals surface area contributed by atoms with E-state index in [2.05, 4.69) is 34.0 Å². The average Bonchev–Trinajstić information content (AvgIpc) is 3.02. The Morgan fingerprint density at radius 2 is 1.65 bits per heavy atom. The van der Waals surface area contributed by atoms with E-state index in [4.69, 9.17) is 4.42 Å². The minimum Gasteiger partial charge on any atom is -0.468 e. The molecular formula is C21H22N2O3. The van der Waals surface area contributed by atoms with Crippen molar-refractivity contribution in [2.45, 2.75) is 13.5 Å². The van der Waals surface area contributed by atoms with E-state index in [1.807, 2.05) is 49.2 Å². The van der Waals surface area contributed by atoms with Gasteiger partial charge in [-0.1, -0.05) is 42.5 Å². The lowest BCUT2D eigenvalue weighted by atomic mass is 10.0. The molecule has 0 atom stereocenters. The number of rotatable bonds is 6. The van der Waals surface area contributed by atoms with E-state index < -0.39 is 0 Å². The average molecular weight is 350 g/mol. The number of methoxy groups -OCH3 is 1. The van der Waals surface area contributed by atoms with Crippen LogP contribution in [0.1, 0.15) is 11.5 Å². The van der Waals surface area contributed by atoms with Gasteiger partial charge in [0.25, 0.3) is 0 Å². The Balaban J connectivity index is 1.75. The number of ether oxygens (including phenoxy) is 1. The van der Waals surface area contributed by atoms with Crippen LogP contribution in [0.5, 0.6) is 0 Å². The molecule has 1 aromatic heterocycles. The first-order valence-corrected chi connectivity index (χ1v) is 8.44. The fraction of sp³-hybridized carbons (Fsp3) is 0.238. The van der Waals surface area contributed by atoms with Gasteiger partial charge in [0.1, 0.15) is 5.76 Å². The Morgan fingerprint density at radius 1 is 1.04 bits per heavy atom. The van der Waals surface area contributed by atoms with Gasteiger partial charge in [-0.25, -0.2) is 4.98 Å². The van der Waals surface area contributed by atoms with Crippen molar-refractivity contribution in [2.75, 3.05) is 20.7 Å². The summed E-state index contributed by atoms with van der Waals surface area (Å²) in [4.78, 5) is 17.8. The molecule has 0 spiro atoms. The Hall–Kier alpha value is -2.92. The van der Waals surface area contributed by atoms with E-state index in [9.17, 15) is 4.79 Å². The Labute approximate surface area is 153 Å². The summed E-state index contributed by atoms with van der Waals surface area (Å²) in [6, 6.07) is 18.4. The summed E-state index contributed by atoms with van der Waals surface area (Å²) in [5.74, 6) is 1.07. The largest absolute Gasteiger partial charge is 0.468 e. The third-order valence-electron chi connectivity index (χ3n) is 4.18. The fourth-order valence-corrected chi connectivity index (χ4v) is 2.73. The van der Waals surface area contributed by atoms with Crippen molar-refractivity contribution in [1.82, 2.24) is 9.88 Å². The Bertz CT molecular complexity index is 870. The number of hydrogen-bond acceptors (Lipinski definition) is 5. The molecule has 1 heterocycles. The van der Waals surface area contributed by atoms with Crippen LogP contribution in [0.2, 0.25) is 0 Å². The van der Waals surface area contributed by atoms with Crippen molar-refractivity contribution in [1.29, 1.82) is 0 Å². The van der Waals surface area contributed by atoms with Crippen LogP contribution in [0.3, 0.4) is 0 Å². The SMILES string of the molecule is COC(=O)CN(C)Cc1nc(-c2ccc(-c3ccccc3)cc2)oc1C. The molecule has 0 bridgehead atoms. The smallest absolute Gasteiger partial charge is 0.319 e. The van der Waals surface area contributed by atoms with E-state index in [0.717, 1.165) is 22.6 Å². The van der Waals surface area contributed by atoms with Gasteiger partial charge in [-0.2, -0.15) is 0 Å². The van der Waals surface area contributed by atoms with E-state index in [1.54, 1.807) is 0 Å². The monoisotopic (exact) mass is 350 g/mol. The van der Waals surface area contributed by atoms with Gasteiger partial charge in [0.15, 0.2) is 0 Å². The minimum absolute atomic E-state index is 0.212. The van der Waals surface area contributed by atoms with Crippen molar-refractivity contribution in [3.05, 3.63) is 66.1 Å². The van der Waals surface area contributed by atoms with Gasteiger partial charge in [-0.3, -0.25) is 9.69 Å². The zero-order chi connectivity index (χ0) is 18.5. The summed E-state index contributed by atoms with van der Waals surface area (Å²) >= 11 is 0. The Morgan fingerprint density at radius 3 is 2.31 bits per heavy atom. The fourth-order valence-electron chi connectivity index (χ4n) is 2.73. The molecule has 0 saturated carbocycles. The van der Waals surface area contributed by atoms with Gasteiger partial charge >= 0.3 is 5.97 Å². The predicted molar refractivity (Wildman–Crippen MR) is 100 cm³/mol. The van der Waals surface area contributed by atoms with Crippen molar-refractivity contribution < 1.29 is 13.9 Å². The number of carbonyl (C=O) groups excluding carboxylic acids is 1. The first-order chi connectivity index (χ1) is 12.6. The van der Waals surface area contributed by atoms with Crippen LogP contribution in [0.25, 0.3) is 22.6 Å². The van der Waals surface area contributed by atoms with Crippen LogP contribution in [-0.2, 0) is 16.1 Å². The van der Waals surface area contributed by atoms with Crippen molar-refractivity contribution in [3.8, 4) is 22.6 Å². The van der Waals surface area contributed by atoms with Crippen LogP contribution < -0.4 is 0 Å². The van der Waals surface area contributed by atoms with Crippen LogP contribution in [0.4, 0.5) is 0 Å². The third kappa shape index (κ3) is 4.18. The predicted octanol–water partition coefficient (Wildman–Crippen LogP) is 3.92. The molecule has 0 amide bonds. The van der Waals surface area contributed by atoms with Crippen LogP contribution in [0, 0.1) is 6.92 Å². The molecule has 0 saturated heterocycles. The summed E-state index contributed by atoms with van der Waals surface area (Å²) in [7, 11) is 3.23. The molecule has 0 fully saturated rings. The maximum absolute atomic E-state index is 11.4. The molecule has 134 valence electrons. The first kappa shape index (κ1) is 17.9. The van der Waals surface area contributed by atoms with Gasteiger partial charge in [0.05, 0.1) is 19.3 Å². The minimum atomic E-state index is -0.273. The maximum atomic E-state index is 11.4. The molecule has 0 aliphatic carbocycles. The molecule has 2 aromatic carbocycles. The molecular weight excluding hydrogens is 328 g/mol. The molecule has 0 aliphatic heterocycles. The first-order valence-electron chi connectivity index (χ1n) is 8.44. The highest BCUT2D eigenvalue weighted by Crippen LogP contribution is 2.26. The van der Waals surface area contributed by atoms with Crippen LogP contribution >= 0.6 is 0 Å². The summed E-state index contributed by atoms with van der Waals surface area (Å²) in [5.41, 5.74) is 4.07. The number of oxazole rings is 1. The lowest BCUT2D eigenvalue weighted by Crippen LogP contribution is -2.26. The zero-order valence-corrected chi connectivity index (χ0v) is 15.2. The molecule has 3 aromatic rings. The van der Waals surface area contributed by atoms with Gasteiger partial charge in [0, 0.05) is 12.1 Å². The van der Waals surface area contributed by atoms with Crippen molar-refractivity contribution >= 4 is 5.97 Å². The molecule has 5 heteroatoms. The summed E-state index contributed by atoms with van der Waals surface area (Å²) in [6.45, 7) is 2.62. The number of hydrogen-bond donors (Lipinski definition) is 0. The maximum Gasteiger partial charge on any atom is 0.319 e. The molecule has 5 nitrogen and oxygen atoms in total. The second-order valence-electron chi connectivity index (χ2n) is 6.21. The number of esters is 1. The summed E-state index contributed by atoms with van der Waals surface area (Å²) < 4.78 is 10.5. The number of aromatic nitrogens is 1. The van der Waals surface area contributed by atoms with Crippen LogP contribution in [0.15, 0.2) is 59.0 Å². The number of nitrogens with zero attached hydrogens (tertiary/aromatic N) is 2. The lowest BCUT2D eigenvalue weighted by Gasteiger charge is -2.13. The van der Waals surface area contributed by atoms with Gasteiger partial charge in [0.2, 0.25) is 5.89 Å². The quantitative estimate of drug-likeness (QED) is 0.631. The molecule has 26 heavy (non-hydrogen) atoms. The second-order valence-corrected chi connectivity index (χ2v) is 6.21. The zero-order valence-electron chi connectivity index (χ0n) is 15.2. The normalized spacial score (nSPS) is 10.9. The molecule has 3 rings (SSSR count). The number of carbonyl (C=O) groups is 1. The topological polar surface area (TPSA) is 55.6 Å². The number of likely N-dealkylation sites (N-methyl/N-ethyl adjacent to an activating group) is 1. The lowest BCUT2D eigenvalue weighted by molar-refractivity contribution is -0.141. The molecule has 0 N–H and O–H groups in total. The standard InChI is InChI=1S/C21H22N2O3/c1-15-19(13-23(2)14-20(24)25-3)22-21(26-15)18-11-9-17(10-12-18)16-7-5-4-6-8-16/h4-12H,13-14H2,1-3H3. The van der Waals surface area contributed by atoms with E-state index >= 15 is 0 Å². The molecule has 0 unspecified atom stereocenters. The van der Waals surface area contributed by atoms with Crippen molar-refractivity contribution in [2.24, 2.45) is 0 Å². The van der Waals surface area contributed by atoms with Gasteiger partial charge in [-0.15, -0.1) is 0 Å². The highest BCUT2D eigenvalue weighted by atomic mass is 16.5. The van der Waals surface area contributed by atoms with E-state index in [-0.39, 0.29) is 12.5 Å². The number of aryl methyl sites for hydroxylation is 1. The Kier molecular flexibility index (Phi) is 5.49. The van der Waals surface area contributed by atoms with Gasteiger partial charge < -0.3 is 9.15 Å². The molecule has 0 aliphatic rings. The highest BCUT2D eigenvalue weighted by Gasteiger charge is 2.15. The molecule has 0 radical (unpaired) electrons. The van der Waals surface area contributed by atoms with Gasteiger partial charge in [-0.05, 0) is 37.2 Å². The van der Waals surface area contributed by atoms with Crippen LogP contribution in [-0.4, -0.2) is 36.6 Å².